The molecule has 0 spiro atoms. The number of piperidine rings is 1. The van der Waals surface area contributed by atoms with Crippen molar-refractivity contribution in [3.63, 3.8) is 0 Å². The maximum absolute atomic E-state index is 14.5. The van der Waals surface area contributed by atoms with E-state index in [4.69, 9.17) is 0 Å². The standard InChI is InChI=1S/C66H80F3N9O10S3/c1-63(2)26-24-45(51(38-63)65-41-64(3,42-65)43-65)39-75-31-33-76(34-32-75)47-18-16-44(17-19-47)59(81)73-91(87,88)49-20-21-52(55(37-49)90(85,86)66(67,68)69)71-46(40-89-48-11-6-4-7-12-48)25-28-74-29-35-77(36-30-74)57(80)15-8-5-9-27-70-53-14-10-13-50-58(53)62(84)78(61(50)83)54-22-23-56(79)72-60(54)82/h4,6-7,10-14,16-21,37,46,54,70-71H,5,8-9,15,22-36,38-43H2,1-3H3,(H,73,81)(H,72,79,82)/t46-,54?,64?,65?/m1/s1. The molecule has 4 aromatic rings. The maximum Gasteiger partial charge on any atom is 0.501 e. The summed E-state index contributed by atoms with van der Waals surface area (Å²) in [4.78, 5) is 86.1. The summed E-state index contributed by atoms with van der Waals surface area (Å²) in [6.45, 7) is 14.2. The number of nitrogens with one attached hydrogen (secondary N) is 4. The zero-order valence-electron chi connectivity index (χ0n) is 51.7. The van der Waals surface area contributed by atoms with Crippen molar-refractivity contribution < 1.29 is 58.8 Å². The van der Waals surface area contributed by atoms with Crippen LogP contribution in [0.2, 0.25) is 0 Å². The topological polar surface area (TPSA) is 235 Å². The summed E-state index contributed by atoms with van der Waals surface area (Å²) in [5.74, 6) is -3.12. The summed E-state index contributed by atoms with van der Waals surface area (Å²) in [5, 5.41) is 8.44. The molecular formula is C66H80F3N9O10S3. The van der Waals surface area contributed by atoms with Gasteiger partial charge in [-0.1, -0.05) is 62.6 Å². The van der Waals surface area contributed by atoms with Crippen LogP contribution in [-0.4, -0.2) is 167 Å². The summed E-state index contributed by atoms with van der Waals surface area (Å²) in [6.07, 6.45) is 10.1. The highest BCUT2D eigenvalue weighted by atomic mass is 32.2. The van der Waals surface area contributed by atoms with Crippen molar-refractivity contribution in [1.29, 1.82) is 0 Å². The molecule has 12 rings (SSSR count). The van der Waals surface area contributed by atoms with Crippen LogP contribution in [0.15, 0.2) is 117 Å². The number of allylic oxidation sites excluding steroid dienone is 1. The highest BCUT2D eigenvalue weighted by Gasteiger charge is 2.67. The van der Waals surface area contributed by atoms with Crippen molar-refractivity contribution in [1.82, 2.24) is 29.6 Å². The number of hydrogen-bond acceptors (Lipinski definition) is 16. The van der Waals surface area contributed by atoms with E-state index in [-0.39, 0.29) is 41.2 Å². The molecule has 2 bridgehead atoms. The summed E-state index contributed by atoms with van der Waals surface area (Å²) in [7, 11) is -11.1. The molecule has 4 N–H and O–H groups in total. The van der Waals surface area contributed by atoms with E-state index in [0.29, 0.717) is 99.4 Å². The van der Waals surface area contributed by atoms with Crippen LogP contribution in [0.25, 0.3) is 0 Å². The monoisotopic (exact) mass is 1310 g/mol. The first-order valence-corrected chi connectivity index (χ1v) is 35.5. The smallest absolute Gasteiger partial charge is 0.384 e. The molecule has 91 heavy (non-hydrogen) atoms. The third-order valence-corrected chi connectivity index (χ3v) is 23.4. The SMILES string of the molecule is CC1(C)CCC(CN2CCN(c3ccc(C(=O)NS(=O)(=O)c4ccc(N[C@H](CCN5CCN(C(=O)CCCCCNc6cccc7c6C(=O)N(C6CCC(=O)NC6=O)C7=O)CC5)CSc5ccccc5)c(S(=O)(=O)C(F)(F)F)c4)cc3)CC2)=C(C23CC(C)(C2)C3)C1. The third-order valence-electron chi connectivity index (χ3n) is 19.4. The van der Waals surface area contributed by atoms with Gasteiger partial charge in [-0.25, -0.2) is 21.6 Å². The molecule has 6 fully saturated rings. The Morgan fingerprint density at radius 1 is 0.769 bits per heavy atom. The van der Waals surface area contributed by atoms with Crippen LogP contribution in [0.1, 0.15) is 135 Å². The number of thioether (sulfide) groups is 1. The molecule has 3 saturated heterocycles. The highest BCUT2D eigenvalue weighted by Crippen LogP contribution is 2.77. The van der Waals surface area contributed by atoms with Crippen LogP contribution >= 0.6 is 11.8 Å². The van der Waals surface area contributed by atoms with E-state index in [1.807, 2.05) is 35.1 Å². The maximum atomic E-state index is 14.5. The lowest BCUT2D eigenvalue weighted by molar-refractivity contribution is -0.167. The van der Waals surface area contributed by atoms with E-state index >= 15 is 0 Å². The van der Waals surface area contributed by atoms with E-state index < -0.39 is 82.5 Å². The molecule has 4 aliphatic heterocycles. The third kappa shape index (κ3) is 14.4. The van der Waals surface area contributed by atoms with Crippen molar-refractivity contribution in [2.45, 2.75) is 137 Å². The van der Waals surface area contributed by atoms with Gasteiger partial charge in [-0.05, 0) is 147 Å². The fraction of sp³-hybridized carbons (Fsp3) is 0.515. The lowest BCUT2D eigenvalue weighted by Crippen LogP contribution is -2.61. The molecule has 0 aromatic heterocycles. The van der Waals surface area contributed by atoms with Crippen molar-refractivity contribution in [3.05, 3.63) is 119 Å². The number of fused-ring (bicyclic) bond motifs is 1. The molecular weight excluding hydrogens is 1230 g/mol. The minimum absolute atomic E-state index is 0.0149. The molecule has 4 aromatic carbocycles. The molecule has 0 radical (unpaired) electrons. The Morgan fingerprint density at radius 3 is 2.15 bits per heavy atom. The number of nitrogens with zero attached hydrogens (tertiary/aromatic N) is 5. The quantitative estimate of drug-likeness (QED) is 0.0222. The van der Waals surface area contributed by atoms with Crippen LogP contribution in [0.5, 0.6) is 0 Å². The summed E-state index contributed by atoms with van der Waals surface area (Å²) < 4.78 is 99.9. The number of alkyl halides is 3. The second-order valence-corrected chi connectivity index (χ2v) is 31.5. The van der Waals surface area contributed by atoms with E-state index in [0.717, 1.165) is 66.8 Å². The minimum Gasteiger partial charge on any atom is -0.384 e. The van der Waals surface area contributed by atoms with Crippen molar-refractivity contribution in [3.8, 4) is 0 Å². The number of hydrogen-bond donors (Lipinski definition) is 4. The lowest BCUT2D eigenvalue weighted by atomic mass is 9.33. The second-order valence-electron chi connectivity index (χ2n) is 26.8. The summed E-state index contributed by atoms with van der Waals surface area (Å²) in [5.41, 5.74) is 0.0154. The first-order valence-electron chi connectivity index (χ1n) is 31.5. The largest absolute Gasteiger partial charge is 0.501 e. The number of carbonyl (C=O) groups is 6. The van der Waals surface area contributed by atoms with E-state index in [2.05, 4.69) is 51.4 Å². The number of piperazine rings is 2. The van der Waals surface area contributed by atoms with Crippen molar-refractivity contribution in [2.75, 3.05) is 93.3 Å². The molecule has 1 unspecified atom stereocenters. The number of amides is 6. The van der Waals surface area contributed by atoms with Crippen LogP contribution in [-0.2, 0) is 34.2 Å². The minimum atomic E-state index is -6.16. The van der Waals surface area contributed by atoms with Gasteiger partial charge < -0.3 is 20.4 Å². The van der Waals surface area contributed by atoms with Gasteiger partial charge >= 0.3 is 5.51 Å². The fourth-order valence-corrected chi connectivity index (χ4v) is 17.6. The Labute approximate surface area is 534 Å². The highest BCUT2D eigenvalue weighted by molar-refractivity contribution is 7.99. The Bertz CT molecular complexity index is 3720. The van der Waals surface area contributed by atoms with Gasteiger partial charge in [0.05, 0.1) is 21.7 Å². The number of sulfone groups is 1. The van der Waals surface area contributed by atoms with Crippen LogP contribution in [0, 0.1) is 16.2 Å². The number of benzene rings is 4. The first kappa shape index (κ1) is 65.7. The number of halogens is 3. The number of sulfonamides is 1. The number of rotatable bonds is 24. The average molecular weight is 1310 g/mol. The second kappa shape index (κ2) is 26.3. The van der Waals surface area contributed by atoms with Crippen LogP contribution < -0.4 is 25.6 Å². The molecule has 4 aliphatic carbocycles. The van der Waals surface area contributed by atoms with Gasteiger partial charge in [0.15, 0.2) is 0 Å². The molecule has 8 aliphatic rings. The number of carbonyl (C=O) groups excluding carboxylic acids is 6. The Balaban J connectivity index is 0.664. The van der Waals surface area contributed by atoms with E-state index in [1.165, 1.54) is 62.1 Å². The van der Waals surface area contributed by atoms with Gasteiger partial charge in [-0.2, -0.15) is 13.2 Å². The predicted molar refractivity (Wildman–Crippen MR) is 341 cm³/mol. The average Bonchev–Trinajstić information content (AvgIpc) is 1.23. The summed E-state index contributed by atoms with van der Waals surface area (Å²) >= 11 is 1.40. The molecule has 6 amide bonds. The van der Waals surface area contributed by atoms with Crippen molar-refractivity contribution in [2.24, 2.45) is 16.2 Å². The van der Waals surface area contributed by atoms with E-state index in [9.17, 15) is 58.8 Å². The van der Waals surface area contributed by atoms with Gasteiger partial charge in [-0.3, -0.25) is 48.8 Å². The number of imide groups is 2. The Kier molecular flexibility index (Phi) is 19.0. The number of anilines is 3. The number of unbranched alkanes of at least 4 members (excludes halogenated alkanes) is 2. The molecule has 25 heteroatoms. The van der Waals surface area contributed by atoms with Gasteiger partial charge in [0.25, 0.3) is 37.6 Å². The molecule has 2 atom stereocenters. The first-order chi connectivity index (χ1) is 43.2. The van der Waals surface area contributed by atoms with Gasteiger partial charge in [0.1, 0.15) is 10.9 Å². The Morgan fingerprint density at radius 2 is 1.47 bits per heavy atom. The van der Waals surface area contributed by atoms with E-state index in [1.54, 1.807) is 40.3 Å². The summed E-state index contributed by atoms with van der Waals surface area (Å²) in [6, 6.07) is 21.2. The molecule has 19 nitrogen and oxygen atoms in total. The zero-order chi connectivity index (χ0) is 64.7. The van der Waals surface area contributed by atoms with Gasteiger partial charge in [-0.15, -0.1) is 11.8 Å². The predicted octanol–water partition coefficient (Wildman–Crippen LogP) is 9.10. The van der Waals surface area contributed by atoms with Crippen LogP contribution in [0.4, 0.5) is 30.2 Å². The van der Waals surface area contributed by atoms with Crippen molar-refractivity contribution >= 4 is 84.1 Å². The fourth-order valence-electron chi connectivity index (χ4n) is 14.6. The van der Waals surface area contributed by atoms with Crippen LogP contribution in [0.3, 0.4) is 0 Å². The molecule has 4 heterocycles. The molecule has 3 saturated carbocycles. The van der Waals surface area contributed by atoms with Gasteiger partial charge in [0.2, 0.25) is 17.7 Å². The van der Waals surface area contributed by atoms with Gasteiger partial charge in [0, 0.05) is 118 Å². The Hall–Kier alpha value is -6.80. The molecule has 488 valence electrons. The normalized spacial score (nSPS) is 23.3. The lowest BCUT2D eigenvalue weighted by Gasteiger charge is -2.72. The zero-order valence-corrected chi connectivity index (χ0v) is 54.1.